The van der Waals surface area contributed by atoms with E-state index in [1.165, 1.54) is 0 Å². The molecule has 7 nitrogen and oxygen atoms in total. The summed E-state index contributed by atoms with van der Waals surface area (Å²) >= 11 is 0. The molecule has 1 fully saturated rings. The molecule has 1 aliphatic rings. The van der Waals surface area contributed by atoms with Crippen LogP contribution in [0.4, 0.5) is 17.3 Å². The van der Waals surface area contributed by atoms with Crippen LogP contribution in [0.1, 0.15) is 0 Å². The number of hydrogen-bond acceptors (Lipinski definition) is 7. The Morgan fingerprint density at radius 2 is 1.79 bits per heavy atom. The fourth-order valence-corrected chi connectivity index (χ4v) is 2.66. The lowest BCUT2D eigenvalue weighted by molar-refractivity contribution is 0.312. The van der Waals surface area contributed by atoms with Crippen molar-refractivity contribution in [1.29, 1.82) is 0 Å². The molecule has 1 aromatic heterocycles. The van der Waals surface area contributed by atoms with Crippen molar-refractivity contribution in [3.05, 3.63) is 30.6 Å². The molecular weight excluding hydrogens is 306 g/mol. The van der Waals surface area contributed by atoms with Crippen LogP contribution in [0.25, 0.3) is 0 Å². The number of rotatable bonds is 5. The molecule has 2 heterocycles. The zero-order valence-electron chi connectivity index (χ0n) is 14.3. The molecule has 3 rings (SSSR count). The molecule has 0 atom stereocenters. The second-order valence-electron chi connectivity index (χ2n) is 5.74. The molecule has 0 radical (unpaired) electrons. The SMILES string of the molecule is COc1ccc(Nc2cc(N3CCN(C)CC3)ncn2)c(OC)c1. The summed E-state index contributed by atoms with van der Waals surface area (Å²) < 4.78 is 10.6. The summed E-state index contributed by atoms with van der Waals surface area (Å²) in [6, 6.07) is 7.60. The van der Waals surface area contributed by atoms with E-state index in [9.17, 15) is 0 Å². The minimum absolute atomic E-state index is 0.703. The Balaban J connectivity index is 1.77. The molecule has 128 valence electrons. The summed E-state index contributed by atoms with van der Waals surface area (Å²) in [6.45, 7) is 4.02. The van der Waals surface area contributed by atoms with Crippen molar-refractivity contribution in [2.75, 3.05) is 57.7 Å². The zero-order valence-corrected chi connectivity index (χ0v) is 14.3. The fourth-order valence-electron chi connectivity index (χ4n) is 2.66. The van der Waals surface area contributed by atoms with E-state index in [1.807, 2.05) is 24.3 Å². The maximum absolute atomic E-state index is 5.42. The molecule has 1 N–H and O–H groups in total. The first-order valence-electron chi connectivity index (χ1n) is 7.94. The molecule has 0 saturated carbocycles. The minimum atomic E-state index is 0.703. The highest BCUT2D eigenvalue weighted by Gasteiger charge is 2.16. The topological polar surface area (TPSA) is 62.8 Å². The number of piperazine rings is 1. The van der Waals surface area contributed by atoms with Gasteiger partial charge in [-0.1, -0.05) is 0 Å². The summed E-state index contributed by atoms with van der Waals surface area (Å²) in [5.41, 5.74) is 0.835. The van der Waals surface area contributed by atoms with Gasteiger partial charge in [-0.25, -0.2) is 9.97 Å². The summed E-state index contributed by atoms with van der Waals surface area (Å²) in [5.74, 6) is 3.13. The standard InChI is InChI=1S/C17H23N5O2/c1-21-6-8-22(9-7-21)17-11-16(18-12-19-17)20-14-5-4-13(23-2)10-15(14)24-3/h4-5,10-12H,6-9H2,1-3H3,(H,18,19,20). The molecule has 7 heteroatoms. The van der Waals surface area contributed by atoms with Crippen LogP contribution in [0.15, 0.2) is 30.6 Å². The molecule has 24 heavy (non-hydrogen) atoms. The highest BCUT2D eigenvalue weighted by Crippen LogP contribution is 2.31. The van der Waals surface area contributed by atoms with Gasteiger partial charge in [-0.05, 0) is 19.2 Å². The first-order valence-corrected chi connectivity index (χ1v) is 7.94. The third-order valence-electron chi connectivity index (χ3n) is 4.15. The first-order chi connectivity index (χ1) is 11.7. The van der Waals surface area contributed by atoms with Gasteiger partial charge in [-0.15, -0.1) is 0 Å². The third kappa shape index (κ3) is 3.68. The van der Waals surface area contributed by atoms with Crippen LogP contribution >= 0.6 is 0 Å². The Morgan fingerprint density at radius 3 is 2.50 bits per heavy atom. The Labute approximate surface area is 142 Å². The molecule has 0 spiro atoms. The van der Waals surface area contributed by atoms with E-state index in [0.29, 0.717) is 5.75 Å². The number of aromatic nitrogens is 2. The second-order valence-corrected chi connectivity index (χ2v) is 5.74. The van der Waals surface area contributed by atoms with E-state index in [4.69, 9.17) is 9.47 Å². The summed E-state index contributed by atoms with van der Waals surface area (Å²) in [6.07, 6.45) is 1.59. The Kier molecular flexibility index (Phi) is 5.00. The molecule has 0 amide bonds. The van der Waals surface area contributed by atoms with E-state index in [2.05, 4.69) is 32.1 Å². The van der Waals surface area contributed by atoms with Crippen molar-refractivity contribution in [1.82, 2.24) is 14.9 Å². The van der Waals surface area contributed by atoms with Crippen LogP contribution in [-0.4, -0.2) is 62.3 Å². The average Bonchev–Trinajstić information content (AvgIpc) is 2.63. The van der Waals surface area contributed by atoms with E-state index in [-0.39, 0.29) is 0 Å². The lowest BCUT2D eigenvalue weighted by Crippen LogP contribution is -2.44. The van der Waals surface area contributed by atoms with E-state index in [0.717, 1.165) is 49.3 Å². The molecule has 0 aliphatic carbocycles. The predicted octanol–water partition coefficient (Wildman–Crippen LogP) is 1.99. The second kappa shape index (κ2) is 7.35. The number of ether oxygens (including phenoxy) is 2. The quantitative estimate of drug-likeness (QED) is 0.900. The Hall–Kier alpha value is -2.54. The third-order valence-corrected chi connectivity index (χ3v) is 4.15. The van der Waals surface area contributed by atoms with Gasteiger partial charge in [0, 0.05) is 38.3 Å². The highest BCUT2D eigenvalue weighted by atomic mass is 16.5. The highest BCUT2D eigenvalue weighted by molar-refractivity contribution is 5.67. The number of methoxy groups -OCH3 is 2. The van der Waals surface area contributed by atoms with Crippen LogP contribution in [0.5, 0.6) is 11.5 Å². The maximum atomic E-state index is 5.42. The van der Waals surface area contributed by atoms with Crippen molar-refractivity contribution < 1.29 is 9.47 Å². The molecule has 0 unspecified atom stereocenters. The molecule has 1 aliphatic heterocycles. The van der Waals surface area contributed by atoms with Crippen molar-refractivity contribution in [3.63, 3.8) is 0 Å². The smallest absolute Gasteiger partial charge is 0.146 e. The molecule has 0 bridgehead atoms. The number of nitrogens with one attached hydrogen (secondary N) is 1. The Morgan fingerprint density at radius 1 is 1.00 bits per heavy atom. The Bertz CT molecular complexity index is 686. The summed E-state index contributed by atoms with van der Waals surface area (Å²) in [5, 5.41) is 3.29. The summed E-state index contributed by atoms with van der Waals surface area (Å²) in [4.78, 5) is 13.3. The van der Waals surface area contributed by atoms with Gasteiger partial charge in [0.15, 0.2) is 0 Å². The molecule has 1 aromatic carbocycles. The predicted molar refractivity (Wildman–Crippen MR) is 94.6 cm³/mol. The van der Waals surface area contributed by atoms with E-state index >= 15 is 0 Å². The van der Waals surface area contributed by atoms with Gasteiger partial charge in [0.2, 0.25) is 0 Å². The number of benzene rings is 1. The molecular formula is C17H23N5O2. The fraction of sp³-hybridized carbons (Fsp3) is 0.412. The largest absolute Gasteiger partial charge is 0.497 e. The average molecular weight is 329 g/mol. The van der Waals surface area contributed by atoms with Gasteiger partial charge in [0.1, 0.15) is 29.5 Å². The van der Waals surface area contributed by atoms with Crippen LogP contribution in [0.3, 0.4) is 0 Å². The van der Waals surface area contributed by atoms with Crippen LogP contribution in [0.2, 0.25) is 0 Å². The van der Waals surface area contributed by atoms with Crippen molar-refractivity contribution in [2.24, 2.45) is 0 Å². The van der Waals surface area contributed by atoms with Gasteiger partial charge >= 0.3 is 0 Å². The van der Waals surface area contributed by atoms with Crippen LogP contribution in [0, 0.1) is 0 Å². The molecule has 1 saturated heterocycles. The zero-order chi connectivity index (χ0) is 16.9. The van der Waals surface area contributed by atoms with E-state index in [1.54, 1.807) is 20.5 Å². The van der Waals surface area contributed by atoms with Gasteiger partial charge in [-0.2, -0.15) is 0 Å². The van der Waals surface area contributed by atoms with Gasteiger partial charge in [0.05, 0.1) is 19.9 Å². The van der Waals surface area contributed by atoms with Gasteiger partial charge in [-0.3, -0.25) is 0 Å². The van der Waals surface area contributed by atoms with E-state index < -0.39 is 0 Å². The molecule has 2 aromatic rings. The van der Waals surface area contributed by atoms with Crippen molar-refractivity contribution in [2.45, 2.75) is 0 Å². The lowest BCUT2D eigenvalue weighted by atomic mass is 10.2. The van der Waals surface area contributed by atoms with Crippen molar-refractivity contribution in [3.8, 4) is 11.5 Å². The number of hydrogen-bond donors (Lipinski definition) is 1. The normalized spacial score (nSPS) is 15.2. The summed E-state index contributed by atoms with van der Waals surface area (Å²) in [7, 11) is 5.41. The van der Waals surface area contributed by atoms with Gasteiger partial charge < -0.3 is 24.6 Å². The van der Waals surface area contributed by atoms with Crippen LogP contribution < -0.4 is 19.7 Å². The van der Waals surface area contributed by atoms with Crippen molar-refractivity contribution >= 4 is 17.3 Å². The maximum Gasteiger partial charge on any atom is 0.146 e. The number of nitrogens with zero attached hydrogens (tertiary/aromatic N) is 4. The monoisotopic (exact) mass is 329 g/mol. The lowest BCUT2D eigenvalue weighted by Gasteiger charge is -2.33. The first kappa shape index (κ1) is 16.3. The van der Waals surface area contributed by atoms with Gasteiger partial charge in [0.25, 0.3) is 0 Å². The minimum Gasteiger partial charge on any atom is -0.497 e. The number of anilines is 3. The number of likely N-dealkylation sites (N-methyl/N-ethyl adjacent to an activating group) is 1. The van der Waals surface area contributed by atoms with Crippen LogP contribution in [-0.2, 0) is 0 Å².